The highest BCUT2D eigenvalue weighted by atomic mass is 33.1. The summed E-state index contributed by atoms with van der Waals surface area (Å²) in [5.74, 6) is -30.0. The molecule has 137 heavy (non-hydrogen) atoms. The third kappa shape index (κ3) is 38.5. The minimum absolute atomic E-state index is 0.000633. The van der Waals surface area contributed by atoms with E-state index >= 15 is 42.3 Å². The van der Waals surface area contributed by atoms with Gasteiger partial charge in [0, 0.05) is 70.5 Å². The molecule has 0 unspecified atom stereocenters. The number of aromatic hydroxyl groups is 1. The van der Waals surface area contributed by atoms with Gasteiger partial charge in [-0.3, -0.25) is 103 Å². The summed E-state index contributed by atoms with van der Waals surface area (Å²) in [6, 6.07) is -19.6. The van der Waals surface area contributed by atoms with Crippen molar-refractivity contribution < 1.29 is 110 Å². The van der Waals surface area contributed by atoms with Crippen molar-refractivity contribution in [3.63, 3.8) is 0 Å². The molecular formula is C84H131F3N28O20S2. The Bertz CT molecular complexity index is 4610. The third-order valence-corrected chi connectivity index (χ3v) is 24.8. The molecule has 0 saturated carbocycles. The van der Waals surface area contributed by atoms with E-state index in [0.29, 0.717) is 17.7 Å². The van der Waals surface area contributed by atoms with Gasteiger partial charge in [0.15, 0.2) is 41.3 Å². The number of aliphatic hydroxyl groups excluding tert-OH is 1. The van der Waals surface area contributed by atoms with Gasteiger partial charge in [-0.05, 0) is 137 Å². The molecule has 3 fully saturated rings. The van der Waals surface area contributed by atoms with E-state index in [9.17, 15) is 67.7 Å². The van der Waals surface area contributed by atoms with Crippen molar-refractivity contribution in [2.24, 2.45) is 46.4 Å². The zero-order valence-electron chi connectivity index (χ0n) is 77.3. The van der Waals surface area contributed by atoms with Gasteiger partial charge < -0.3 is 144 Å². The fourth-order valence-corrected chi connectivity index (χ4v) is 17.3. The number of carboxylic acid groups (broad SMARTS) is 1. The van der Waals surface area contributed by atoms with E-state index in [1.807, 2.05) is 0 Å². The van der Waals surface area contributed by atoms with Gasteiger partial charge >= 0.3 is 5.97 Å². The summed E-state index contributed by atoms with van der Waals surface area (Å²) in [6.45, 7) is 8.68. The van der Waals surface area contributed by atoms with Crippen LogP contribution in [0.15, 0.2) is 36.4 Å². The zero-order valence-corrected chi connectivity index (χ0v) is 78.9. The number of benzene rings is 2. The third-order valence-electron chi connectivity index (χ3n) is 22.4. The highest BCUT2D eigenvalue weighted by Gasteiger charge is 2.45. The van der Waals surface area contributed by atoms with E-state index in [1.54, 1.807) is 20.8 Å². The monoisotopic (exact) mass is 1970 g/mol. The van der Waals surface area contributed by atoms with E-state index in [2.05, 4.69) is 90.4 Å². The Balaban J connectivity index is 1.77. The molecule has 0 bridgehead atoms. The van der Waals surface area contributed by atoms with Crippen LogP contribution in [0.5, 0.6) is 5.75 Å². The van der Waals surface area contributed by atoms with Crippen LogP contribution in [0.25, 0.3) is 0 Å². The number of amides is 16. The van der Waals surface area contributed by atoms with Crippen LogP contribution in [0, 0.1) is 56.8 Å². The predicted octanol–water partition coefficient (Wildman–Crippen LogP) is -5.95. The Morgan fingerprint density at radius 2 is 0.920 bits per heavy atom. The van der Waals surface area contributed by atoms with Crippen LogP contribution >= 0.6 is 21.6 Å². The molecule has 0 aliphatic carbocycles. The number of guanidine groups is 4. The number of carbonyl (C=O) groups is 17. The number of nitrogens with zero attached hydrogens (tertiary/aromatic N) is 2. The Labute approximate surface area is 796 Å². The van der Waals surface area contributed by atoms with Crippen LogP contribution in [-0.2, 0) is 94.3 Å². The summed E-state index contributed by atoms with van der Waals surface area (Å²) >= 11 is 0. The lowest BCUT2D eigenvalue weighted by Gasteiger charge is -2.31. The molecule has 34 N–H and O–H groups in total. The lowest BCUT2D eigenvalue weighted by molar-refractivity contribution is -0.146. The van der Waals surface area contributed by atoms with E-state index in [4.69, 9.17) is 50.3 Å². The molecule has 5 rings (SSSR count). The first-order valence-corrected chi connectivity index (χ1v) is 47.2. The zero-order chi connectivity index (χ0) is 102. The molecule has 2 aromatic carbocycles. The summed E-state index contributed by atoms with van der Waals surface area (Å²) in [5, 5.41) is 105. The van der Waals surface area contributed by atoms with Gasteiger partial charge in [0.25, 0.3) is 0 Å². The number of aliphatic carboxylic acids is 1. The van der Waals surface area contributed by atoms with E-state index in [1.165, 1.54) is 45.0 Å². The maximum atomic E-state index is 15.8. The van der Waals surface area contributed by atoms with E-state index < -0.39 is 293 Å². The molecule has 2 aromatic rings. The number of halogens is 3. The van der Waals surface area contributed by atoms with Gasteiger partial charge in [-0.1, -0.05) is 81.7 Å². The van der Waals surface area contributed by atoms with Crippen molar-refractivity contribution in [1.29, 1.82) is 21.6 Å². The lowest BCUT2D eigenvalue weighted by atomic mass is 9.96. The molecule has 760 valence electrons. The van der Waals surface area contributed by atoms with Crippen LogP contribution < -0.4 is 119 Å². The van der Waals surface area contributed by atoms with Gasteiger partial charge in [-0.25, -0.2) is 13.2 Å². The number of rotatable bonds is 38. The fraction of sp³-hybridized carbons (Fsp3) is 0.607. The number of carboxylic acids is 1. The molecule has 53 heteroatoms. The quantitative estimate of drug-likeness (QED) is 0.00978. The van der Waals surface area contributed by atoms with Crippen LogP contribution in [0.4, 0.5) is 13.2 Å². The number of hydrogen-bond acceptors (Lipinski definition) is 25. The molecule has 0 spiro atoms. The summed E-state index contributed by atoms with van der Waals surface area (Å²) in [4.78, 5) is 250. The van der Waals surface area contributed by atoms with E-state index in [-0.39, 0.29) is 135 Å². The second-order valence-electron chi connectivity index (χ2n) is 34.1. The maximum absolute atomic E-state index is 15.8. The number of primary amides is 1. The lowest BCUT2D eigenvalue weighted by Crippen LogP contribution is -2.62. The van der Waals surface area contributed by atoms with Crippen LogP contribution in [0.2, 0.25) is 0 Å². The number of nitrogens with one attached hydrogen (secondary N) is 21. The topological polar surface area (TPSA) is 787 Å². The Morgan fingerprint density at radius 3 is 1.39 bits per heavy atom. The molecule has 0 radical (unpaired) electrons. The number of phenolic OH excluding ortho intramolecular Hbond substituents is 1. The van der Waals surface area contributed by atoms with Gasteiger partial charge in [0.1, 0.15) is 96.4 Å². The Kier molecular flexibility index (Phi) is 47.5. The number of carbonyl (C=O) groups excluding carboxylic acids is 16. The molecule has 16 amide bonds. The van der Waals surface area contributed by atoms with Crippen LogP contribution in [0.3, 0.4) is 0 Å². The van der Waals surface area contributed by atoms with Crippen LogP contribution in [0.1, 0.15) is 156 Å². The van der Waals surface area contributed by atoms with Crippen molar-refractivity contribution in [2.45, 2.75) is 248 Å². The van der Waals surface area contributed by atoms with Crippen molar-refractivity contribution in [1.82, 2.24) is 100 Å². The highest BCUT2D eigenvalue weighted by Crippen LogP contribution is 2.29. The van der Waals surface area contributed by atoms with Crippen molar-refractivity contribution in [3.8, 4) is 5.75 Å². The number of nitrogens with two attached hydrogens (primary N) is 5. The second-order valence-corrected chi connectivity index (χ2v) is 36.7. The van der Waals surface area contributed by atoms with Gasteiger partial charge in [-0.2, -0.15) is 0 Å². The van der Waals surface area contributed by atoms with Gasteiger partial charge in [-0.15, -0.1) is 0 Å². The normalized spacial score (nSPS) is 22.2. The predicted molar refractivity (Wildman–Crippen MR) is 496 cm³/mol. The fourth-order valence-electron chi connectivity index (χ4n) is 15.0. The Morgan fingerprint density at radius 1 is 0.504 bits per heavy atom. The molecule has 3 saturated heterocycles. The van der Waals surface area contributed by atoms with Gasteiger partial charge in [0.05, 0.1) is 13.0 Å². The molecule has 16 atom stereocenters. The molecular weight excluding hydrogens is 1840 g/mol. The molecule has 3 aliphatic heterocycles. The number of aliphatic hydroxyl groups is 1. The number of fused-ring (bicyclic) bond motifs is 2. The summed E-state index contributed by atoms with van der Waals surface area (Å²) in [5.41, 5.74) is 27.6. The number of hydrogen-bond donors (Lipinski definition) is 29. The van der Waals surface area contributed by atoms with Crippen LogP contribution in [-0.4, -0.2) is 297 Å². The maximum Gasteiger partial charge on any atom is 0.305 e. The SMILES string of the molecule is CC[C@H](C)[C@@H]1NC(=O)[C@H](Cc2ccc(O)cc2)NC(=O)[C@H](CC(C)C)NC(=O)[C@@H]2CCCN2C(=O)[C@@H](NC(=O)[C@H](CCCNC(=N)N)NC(=O)[C@H](CCCNC(=N)N)NC(C)=O)CSSC[C@@H](C(=O)N[C@@H](CCCNC(=N)N)C(=O)N[C@@H](CCCNC(=N)N)C(N)=O)NC(=O)[C@H](C(C)C)NC(=O)[C@@H]2CCCN2C(=O)[C@H](CC(=O)O)NC(=O)[C@H](Cc2cc(F)c(F)c(F)c2)NC(=O)[C@H](CO)NC1=O. The molecule has 3 aliphatic rings. The average molecular weight is 1970 g/mol. The minimum Gasteiger partial charge on any atom is -0.508 e. The molecule has 0 aromatic heterocycles. The Hall–Kier alpha value is -13.2. The first kappa shape index (κ1) is 114. The second kappa shape index (κ2) is 57.0. The van der Waals surface area contributed by atoms with Gasteiger partial charge in [0.2, 0.25) is 94.5 Å². The smallest absolute Gasteiger partial charge is 0.305 e. The minimum atomic E-state index is -2.20. The summed E-state index contributed by atoms with van der Waals surface area (Å²) in [7, 11) is 1.53. The van der Waals surface area contributed by atoms with Crippen molar-refractivity contribution in [3.05, 3.63) is 65.0 Å². The molecule has 3 heterocycles. The first-order chi connectivity index (χ1) is 64.6. The number of phenols is 1. The average Bonchev–Trinajstić information content (AvgIpc) is 1.69. The highest BCUT2D eigenvalue weighted by molar-refractivity contribution is 8.76. The molecule has 48 nitrogen and oxygen atoms in total. The standard InChI is InChI=1S/C84H131F3N28O20S2/c1-8-42(6)65-78(133)109-57(37-116)73(128)106-55(35-45-32-47(85)63(87)48(86)33-45)71(126)108-56(36-62(119)120)79(134)114-29-14-20-61(114)76(131)112-64(41(4)5)77(132)110-58(74(129)104-51(17-11-27-99-83(93)94)68(123)102-49(66(88)121)15-9-25-97-81(89)90)38-136-137-39-59(111-69(124)52(18-12-28-100-84(95)96)103-67(122)50(101-43(7)117)16-10-26-98-82(91)92)80(135)115-30-13-19-60(115)75(130)107-53(31-40(2)3)70(125)105-54(72(127)113-65)34-44-21-23-46(118)24-22-44/h21-24,32-33,40-42,49-61,64-65,116,118H,8-20,25-31,34-39H2,1-7H3,(H2,88,121)(H,101,117)(H,102,123)(H,103,122)(H,104,129)(H,105,125)(H,106,128)(H,107,130)(H,108,126)(H,109,133)(H,110,132)(H,111,124)(H,112,131)(H,113,127)(H,119,120)(H4,89,90,97)(H4,91,92,98)(H4,93,94,99)(H4,95,96,100)/t42-,49-,50-,51-,52-,53-,54-,55-,56-,57-,58-,59-,60-,61-,64-,65-/m0/s1. The first-order valence-electron chi connectivity index (χ1n) is 44.8. The van der Waals surface area contributed by atoms with Crippen molar-refractivity contribution >= 4 is 146 Å². The van der Waals surface area contributed by atoms with Crippen molar-refractivity contribution in [2.75, 3.05) is 57.4 Å². The largest absolute Gasteiger partial charge is 0.508 e. The summed E-state index contributed by atoms with van der Waals surface area (Å²) < 4.78 is 44.5. The summed E-state index contributed by atoms with van der Waals surface area (Å²) in [6.07, 6.45) is -3.46. The van der Waals surface area contributed by atoms with E-state index in [0.717, 1.165) is 38.3 Å².